The smallest absolute Gasteiger partial charge is 0.255 e. The Hall–Kier alpha value is -1.29. The van der Waals surface area contributed by atoms with E-state index in [9.17, 15) is 4.79 Å². The summed E-state index contributed by atoms with van der Waals surface area (Å²) in [5, 5.41) is 3.37. The van der Waals surface area contributed by atoms with Crippen LogP contribution in [-0.4, -0.2) is 35.9 Å². The van der Waals surface area contributed by atoms with Crippen LogP contribution in [0.5, 0.6) is 0 Å². The van der Waals surface area contributed by atoms with Crippen LogP contribution in [0.15, 0.2) is 12.3 Å². The molecule has 4 nitrogen and oxygen atoms in total. The maximum atomic E-state index is 12.7. The lowest BCUT2D eigenvalue weighted by atomic mass is 9.96. The number of halogens is 1. The van der Waals surface area contributed by atoms with Gasteiger partial charge in [0, 0.05) is 26.3 Å². The van der Waals surface area contributed by atoms with Crippen LogP contribution >= 0.6 is 11.6 Å². The Morgan fingerprint density at radius 2 is 2.29 bits per heavy atom. The topological polar surface area (TPSA) is 45.2 Å². The summed E-state index contributed by atoms with van der Waals surface area (Å²) in [7, 11) is 1.78. The van der Waals surface area contributed by atoms with Gasteiger partial charge in [0.05, 0.1) is 10.6 Å². The van der Waals surface area contributed by atoms with Crippen molar-refractivity contribution >= 4 is 23.3 Å². The van der Waals surface area contributed by atoms with Gasteiger partial charge in [0.25, 0.3) is 5.91 Å². The van der Waals surface area contributed by atoms with Crippen LogP contribution in [0.3, 0.4) is 0 Å². The number of carbonyl (C=O) groups is 1. The minimum atomic E-state index is 0.0241. The number of pyridine rings is 1. The van der Waals surface area contributed by atoms with E-state index in [-0.39, 0.29) is 5.91 Å². The molecule has 0 saturated carbocycles. The van der Waals surface area contributed by atoms with E-state index < -0.39 is 0 Å². The summed E-state index contributed by atoms with van der Waals surface area (Å²) in [6.45, 7) is 3.88. The molecule has 0 radical (unpaired) electrons. The molecule has 5 heteroatoms. The zero-order valence-electron chi connectivity index (χ0n) is 12.9. The van der Waals surface area contributed by atoms with Crippen molar-refractivity contribution in [2.24, 2.45) is 5.92 Å². The Morgan fingerprint density at radius 1 is 1.48 bits per heavy atom. The minimum Gasteiger partial charge on any atom is -0.373 e. The number of aromatic nitrogens is 1. The van der Waals surface area contributed by atoms with Gasteiger partial charge >= 0.3 is 0 Å². The zero-order chi connectivity index (χ0) is 15.2. The van der Waals surface area contributed by atoms with Crippen LogP contribution in [-0.2, 0) is 0 Å². The third-order valence-electron chi connectivity index (χ3n) is 4.17. The van der Waals surface area contributed by atoms with Crippen LogP contribution in [0, 0.1) is 5.92 Å². The molecule has 1 aliphatic rings. The summed E-state index contributed by atoms with van der Waals surface area (Å²) in [6.07, 6.45) is 7.43. The van der Waals surface area contributed by atoms with Gasteiger partial charge in [-0.1, -0.05) is 31.4 Å². The Morgan fingerprint density at radius 3 is 3.00 bits per heavy atom. The lowest BCUT2D eigenvalue weighted by molar-refractivity contribution is 0.0760. The third-order valence-corrected chi connectivity index (χ3v) is 4.47. The predicted octanol–water partition coefficient (Wildman–Crippen LogP) is 3.82. The summed E-state index contributed by atoms with van der Waals surface area (Å²) < 4.78 is 0. The summed E-state index contributed by atoms with van der Waals surface area (Å²) in [4.78, 5) is 18.8. The summed E-state index contributed by atoms with van der Waals surface area (Å²) >= 11 is 6.15. The minimum absolute atomic E-state index is 0.0241. The Bertz CT molecular complexity index is 492. The van der Waals surface area contributed by atoms with E-state index in [0.717, 1.165) is 31.8 Å². The average molecular weight is 310 g/mol. The van der Waals surface area contributed by atoms with Crippen LogP contribution in [0.4, 0.5) is 5.82 Å². The van der Waals surface area contributed by atoms with Crippen LogP contribution < -0.4 is 5.32 Å². The Labute approximate surface area is 131 Å². The van der Waals surface area contributed by atoms with Gasteiger partial charge in [-0.05, 0) is 31.2 Å². The molecule has 1 aromatic rings. The standard InChI is InChI=1S/C16H24ClN3O/c1-3-5-12-6-4-8-20(9-7-12)16(21)13-10-15(18-2)19-11-14(13)17/h10-12H,3-9H2,1-2H3,(H,18,19). The molecule has 0 spiro atoms. The predicted molar refractivity (Wildman–Crippen MR) is 86.9 cm³/mol. The average Bonchev–Trinajstić information content (AvgIpc) is 2.73. The summed E-state index contributed by atoms with van der Waals surface area (Å²) in [5.41, 5.74) is 0.546. The number of nitrogens with zero attached hydrogens (tertiary/aromatic N) is 2. The van der Waals surface area contributed by atoms with E-state index in [0.29, 0.717) is 16.4 Å². The number of likely N-dealkylation sites (tertiary alicyclic amines) is 1. The number of carbonyl (C=O) groups excluding carboxylic acids is 1. The number of hydrogen-bond acceptors (Lipinski definition) is 3. The van der Waals surface area contributed by atoms with Crippen molar-refractivity contribution in [3.8, 4) is 0 Å². The zero-order valence-corrected chi connectivity index (χ0v) is 13.6. The molecule has 1 N–H and O–H groups in total. The second-order valence-electron chi connectivity index (χ2n) is 5.68. The number of hydrogen-bond donors (Lipinski definition) is 1. The van der Waals surface area contributed by atoms with E-state index in [4.69, 9.17) is 11.6 Å². The molecule has 1 atom stereocenters. The molecule has 1 unspecified atom stereocenters. The molecule has 1 aromatic heterocycles. The molecule has 21 heavy (non-hydrogen) atoms. The molecule has 1 saturated heterocycles. The van der Waals surface area contributed by atoms with Gasteiger partial charge in [-0.15, -0.1) is 0 Å². The van der Waals surface area contributed by atoms with E-state index >= 15 is 0 Å². The fraction of sp³-hybridized carbons (Fsp3) is 0.625. The van der Waals surface area contributed by atoms with Gasteiger partial charge in [0.15, 0.2) is 0 Å². The molecule has 1 aliphatic heterocycles. The third kappa shape index (κ3) is 4.10. The van der Waals surface area contributed by atoms with Gasteiger partial charge in [-0.25, -0.2) is 4.98 Å². The number of anilines is 1. The quantitative estimate of drug-likeness (QED) is 0.919. The second-order valence-corrected chi connectivity index (χ2v) is 6.08. The van der Waals surface area contributed by atoms with Crippen molar-refractivity contribution in [3.63, 3.8) is 0 Å². The second kappa shape index (κ2) is 7.64. The highest BCUT2D eigenvalue weighted by Crippen LogP contribution is 2.25. The SMILES string of the molecule is CCCC1CCCN(C(=O)c2cc(NC)ncc2Cl)CC1. The molecule has 1 fully saturated rings. The maximum absolute atomic E-state index is 12.7. The van der Waals surface area contributed by atoms with Crippen molar-refractivity contribution < 1.29 is 4.79 Å². The van der Waals surface area contributed by atoms with E-state index in [1.165, 1.54) is 19.3 Å². The van der Waals surface area contributed by atoms with Gasteiger partial charge in [-0.2, -0.15) is 0 Å². The first kappa shape index (κ1) is 16.1. The highest BCUT2D eigenvalue weighted by atomic mass is 35.5. The van der Waals surface area contributed by atoms with Crippen molar-refractivity contribution in [1.82, 2.24) is 9.88 Å². The van der Waals surface area contributed by atoms with Gasteiger partial charge < -0.3 is 10.2 Å². The first-order chi connectivity index (χ1) is 10.2. The normalized spacial score (nSPS) is 19.2. The number of rotatable bonds is 4. The van der Waals surface area contributed by atoms with E-state index in [2.05, 4.69) is 17.2 Å². The number of amides is 1. The molecular formula is C16H24ClN3O. The van der Waals surface area contributed by atoms with Gasteiger partial charge in [-0.3, -0.25) is 4.79 Å². The first-order valence-corrected chi connectivity index (χ1v) is 8.16. The van der Waals surface area contributed by atoms with Gasteiger partial charge in [0.2, 0.25) is 0 Å². The molecule has 0 aromatic carbocycles. The molecule has 1 amide bonds. The Balaban J connectivity index is 2.09. The Kier molecular flexibility index (Phi) is 5.85. The number of nitrogens with one attached hydrogen (secondary N) is 1. The van der Waals surface area contributed by atoms with Crippen LogP contribution in [0.2, 0.25) is 5.02 Å². The molecule has 0 aliphatic carbocycles. The highest BCUT2D eigenvalue weighted by molar-refractivity contribution is 6.33. The summed E-state index contributed by atoms with van der Waals surface area (Å²) in [5.74, 6) is 1.45. The maximum Gasteiger partial charge on any atom is 0.255 e. The molecule has 116 valence electrons. The van der Waals surface area contributed by atoms with Crippen molar-refractivity contribution in [3.05, 3.63) is 22.8 Å². The molecule has 0 bridgehead atoms. The van der Waals surface area contributed by atoms with E-state index in [1.54, 1.807) is 19.3 Å². The van der Waals surface area contributed by atoms with Gasteiger partial charge in [0.1, 0.15) is 5.82 Å². The van der Waals surface area contributed by atoms with Crippen molar-refractivity contribution in [2.45, 2.75) is 39.0 Å². The molecular weight excluding hydrogens is 286 g/mol. The largest absolute Gasteiger partial charge is 0.373 e. The lowest BCUT2D eigenvalue weighted by Crippen LogP contribution is -2.32. The molecule has 2 rings (SSSR count). The molecule has 2 heterocycles. The summed E-state index contributed by atoms with van der Waals surface area (Å²) in [6, 6.07) is 1.74. The lowest BCUT2D eigenvalue weighted by Gasteiger charge is -2.21. The van der Waals surface area contributed by atoms with Crippen LogP contribution in [0.25, 0.3) is 0 Å². The van der Waals surface area contributed by atoms with E-state index in [1.807, 2.05) is 4.90 Å². The van der Waals surface area contributed by atoms with Crippen molar-refractivity contribution in [2.75, 3.05) is 25.5 Å². The van der Waals surface area contributed by atoms with Crippen LogP contribution in [0.1, 0.15) is 49.4 Å². The monoisotopic (exact) mass is 309 g/mol. The first-order valence-electron chi connectivity index (χ1n) is 7.78. The van der Waals surface area contributed by atoms with Crippen molar-refractivity contribution in [1.29, 1.82) is 0 Å². The fourth-order valence-corrected chi connectivity index (χ4v) is 3.16. The fourth-order valence-electron chi connectivity index (χ4n) is 2.98. The highest BCUT2D eigenvalue weighted by Gasteiger charge is 2.23.